The van der Waals surface area contributed by atoms with Crippen molar-refractivity contribution >= 4 is 5.91 Å². The first kappa shape index (κ1) is 23.9. The van der Waals surface area contributed by atoms with Crippen LogP contribution < -0.4 is 14.8 Å². The van der Waals surface area contributed by atoms with Gasteiger partial charge in [-0.1, -0.05) is 50.6 Å². The zero-order valence-electron chi connectivity index (χ0n) is 21.3. The van der Waals surface area contributed by atoms with Gasteiger partial charge in [0.25, 0.3) is 5.91 Å². The van der Waals surface area contributed by atoms with E-state index in [4.69, 9.17) is 14.5 Å². The monoisotopic (exact) mass is 461 g/mol. The van der Waals surface area contributed by atoms with Gasteiger partial charge in [0, 0.05) is 18.2 Å². The lowest BCUT2D eigenvalue weighted by molar-refractivity contribution is 0.0933. The average Bonchev–Trinajstić information content (AvgIpc) is 3.17. The predicted molar refractivity (Wildman–Crippen MR) is 135 cm³/mol. The van der Waals surface area contributed by atoms with E-state index in [1.807, 2.05) is 26.0 Å². The number of carbonyl (C=O) groups excluding carboxylic acids is 1. The first-order valence-electron chi connectivity index (χ1n) is 11.9. The Morgan fingerprint density at radius 2 is 1.82 bits per heavy atom. The van der Waals surface area contributed by atoms with Crippen molar-refractivity contribution in [2.45, 2.75) is 60.5 Å². The highest BCUT2D eigenvalue weighted by Gasteiger charge is 2.30. The van der Waals surface area contributed by atoms with Crippen molar-refractivity contribution in [2.24, 2.45) is 5.41 Å². The molecule has 1 aliphatic rings. The van der Waals surface area contributed by atoms with Crippen LogP contribution in [0.25, 0.3) is 17.1 Å². The minimum absolute atomic E-state index is 0.00750. The van der Waals surface area contributed by atoms with Gasteiger partial charge < -0.3 is 14.8 Å². The molecule has 180 valence electrons. The molecule has 0 atom stereocenters. The van der Waals surface area contributed by atoms with Crippen molar-refractivity contribution < 1.29 is 14.3 Å². The Morgan fingerprint density at radius 3 is 2.44 bits per heavy atom. The number of nitrogens with zero attached hydrogens (tertiary/aromatic N) is 2. The Hall–Kier alpha value is -3.28. The average molecular weight is 462 g/mol. The lowest BCUT2D eigenvalue weighted by atomic mass is 9.96. The van der Waals surface area contributed by atoms with Gasteiger partial charge in [-0.05, 0) is 50.7 Å². The maximum atomic E-state index is 13.3. The normalized spacial score (nSPS) is 12.8. The molecule has 0 saturated heterocycles. The molecular weight excluding hydrogens is 426 g/mol. The molecule has 0 bridgehead atoms. The Kier molecular flexibility index (Phi) is 6.43. The van der Waals surface area contributed by atoms with Gasteiger partial charge in [-0.25, -0.2) is 4.98 Å². The van der Waals surface area contributed by atoms with Crippen molar-refractivity contribution in [1.82, 2.24) is 14.9 Å². The molecule has 1 amide bonds. The fourth-order valence-corrected chi connectivity index (χ4v) is 4.21. The van der Waals surface area contributed by atoms with Crippen LogP contribution in [0.4, 0.5) is 0 Å². The van der Waals surface area contributed by atoms with Crippen LogP contribution in [0.3, 0.4) is 0 Å². The molecule has 4 rings (SSSR count). The van der Waals surface area contributed by atoms with E-state index in [2.05, 4.69) is 61.8 Å². The molecule has 1 aliphatic heterocycles. The standard InChI is InChI=1S/C28H35N3O3/c1-17(2)34-24-15-22-20(14-23(24)33-7)12-13-21-25(27(32)29-16-28(4,5)6)30-26(31(21)22)19-10-8-18(3)9-11-19/h8-11,14-15,17H,12-13,16H2,1-7H3,(H,29,32). The van der Waals surface area contributed by atoms with E-state index in [1.54, 1.807) is 7.11 Å². The zero-order chi connectivity index (χ0) is 24.6. The van der Waals surface area contributed by atoms with Crippen molar-refractivity contribution in [3.8, 4) is 28.6 Å². The van der Waals surface area contributed by atoms with Gasteiger partial charge in [0.1, 0.15) is 11.5 Å². The molecule has 0 aliphatic carbocycles. The summed E-state index contributed by atoms with van der Waals surface area (Å²) < 4.78 is 13.8. The summed E-state index contributed by atoms with van der Waals surface area (Å²) in [4.78, 5) is 18.2. The van der Waals surface area contributed by atoms with Crippen molar-refractivity contribution in [2.75, 3.05) is 13.7 Å². The molecule has 0 spiro atoms. The summed E-state index contributed by atoms with van der Waals surface area (Å²) in [6.45, 7) is 13.0. The van der Waals surface area contributed by atoms with Gasteiger partial charge in [-0.15, -0.1) is 0 Å². The highest BCUT2D eigenvalue weighted by atomic mass is 16.5. The van der Waals surface area contributed by atoms with Crippen molar-refractivity contribution in [1.29, 1.82) is 0 Å². The molecule has 0 fully saturated rings. The summed E-state index contributed by atoms with van der Waals surface area (Å²) in [5.74, 6) is 2.03. The van der Waals surface area contributed by atoms with E-state index in [0.29, 0.717) is 18.0 Å². The second kappa shape index (κ2) is 9.16. The zero-order valence-corrected chi connectivity index (χ0v) is 21.3. The van der Waals surface area contributed by atoms with Gasteiger partial charge >= 0.3 is 0 Å². The molecule has 3 aromatic rings. The minimum Gasteiger partial charge on any atom is -0.493 e. The number of benzene rings is 2. The van der Waals surface area contributed by atoms with Gasteiger partial charge in [-0.2, -0.15) is 0 Å². The maximum absolute atomic E-state index is 13.3. The highest BCUT2D eigenvalue weighted by Crippen LogP contribution is 2.39. The predicted octanol–water partition coefficient (Wildman–Crippen LogP) is 5.52. The minimum atomic E-state index is -0.132. The first-order valence-corrected chi connectivity index (χ1v) is 11.9. The Bertz CT molecular complexity index is 1200. The van der Waals surface area contributed by atoms with Gasteiger partial charge in [0.2, 0.25) is 0 Å². The summed E-state index contributed by atoms with van der Waals surface area (Å²) >= 11 is 0. The number of aryl methyl sites for hydroxylation is 2. The van der Waals surface area contributed by atoms with E-state index < -0.39 is 0 Å². The number of imidazole rings is 1. The number of hydrogen-bond acceptors (Lipinski definition) is 4. The number of hydrogen-bond donors (Lipinski definition) is 1. The van der Waals surface area contributed by atoms with Crippen molar-refractivity contribution in [3.63, 3.8) is 0 Å². The van der Waals surface area contributed by atoms with E-state index in [9.17, 15) is 4.79 Å². The van der Waals surface area contributed by atoms with Crippen LogP contribution in [0.5, 0.6) is 11.5 Å². The summed E-state index contributed by atoms with van der Waals surface area (Å²) in [5.41, 5.74) is 5.68. The second-order valence-electron chi connectivity index (χ2n) is 10.5. The van der Waals surface area contributed by atoms with E-state index in [-0.39, 0.29) is 17.4 Å². The number of nitrogens with one attached hydrogen (secondary N) is 1. The lowest BCUT2D eigenvalue weighted by Crippen LogP contribution is -2.33. The summed E-state index contributed by atoms with van der Waals surface area (Å²) in [6.07, 6.45) is 1.53. The lowest BCUT2D eigenvalue weighted by Gasteiger charge is -2.24. The molecule has 2 heterocycles. The number of ether oxygens (including phenoxy) is 2. The number of carbonyl (C=O) groups is 1. The van der Waals surface area contributed by atoms with Crippen LogP contribution in [0.2, 0.25) is 0 Å². The molecule has 0 unspecified atom stereocenters. The molecule has 0 radical (unpaired) electrons. The van der Waals surface area contributed by atoms with E-state index in [0.717, 1.165) is 46.9 Å². The fraction of sp³-hybridized carbons (Fsp3) is 0.429. The number of fused-ring (bicyclic) bond motifs is 3. The van der Waals surface area contributed by atoms with Crippen LogP contribution >= 0.6 is 0 Å². The third kappa shape index (κ3) is 4.81. The number of aromatic nitrogens is 2. The number of amides is 1. The molecule has 34 heavy (non-hydrogen) atoms. The molecular formula is C28H35N3O3. The van der Waals surface area contributed by atoms with Crippen LogP contribution in [-0.2, 0) is 12.8 Å². The summed E-state index contributed by atoms with van der Waals surface area (Å²) in [5, 5.41) is 3.08. The molecule has 6 nitrogen and oxygen atoms in total. The molecule has 1 aromatic heterocycles. The first-order chi connectivity index (χ1) is 16.1. The number of rotatable bonds is 6. The van der Waals surface area contributed by atoms with Crippen LogP contribution in [0.1, 0.15) is 61.9 Å². The highest BCUT2D eigenvalue weighted by molar-refractivity contribution is 5.95. The molecule has 1 N–H and O–H groups in total. The summed E-state index contributed by atoms with van der Waals surface area (Å²) in [6, 6.07) is 12.3. The summed E-state index contributed by atoms with van der Waals surface area (Å²) in [7, 11) is 1.66. The van der Waals surface area contributed by atoms with Crippen molar-refractivity contribution in [3.05, 3.63) is 58.9 Å². The van der Waals surface area contributed by atoms with Gasteiger partial charge in [0.05, 0.1) is 24.6 Å². The fourth-order valence-electron chi connectivity index (χ4n) is 4.21. The van der Waals surface area contributed by atoms with E-state index in [1.165, 1.54) is 5.56 Å². The van der Waals surface area contributed by atoms with Gasteiger partial charge in [-0.3, -0.25) is 9.36 Å². The number of methoxy groups -OCH3 is 1. The Balaban J connectivity index is 1.89. The second-order valence-corrected chi connectivity index (χ2v) is 10.5. The Morgan fingerprint density at radius 1 is 1.12 bits per heavy atom. The van der Waals surface area contributed by atoms with Crippen LogP contribution in [0, 0.1) is 12.3 Å². The third-order valence-electron chi connectivity index (χ3n) is 5.88. The maximum Gasteiger partial charge on any atom is 0.271 e. The molecule has 2 aromatic carbocycles. The smallest absolute Gasteiger partial charge is 0.271 e. The van der Waals surface area contributed by atoms with Crippen LogP contribution in [0.15, 0.2) is 36.4 Å². The largest absolute Gasteiger partial charge is 0.493 e. The van der Waals surface area contributed by atoms with Crippen LogP contribution in [-0.4, -0.2) is 35.2 Å². The molecule has 0 saturated carbocycles. The third-order valence-corrected chi connectivity index (χ3v) is 5.88. The SMILES string of the molecule is COc1cc2c(cc1OC(C)C)-n1c(-c3ccc(C)cc3)nc(C(=O)NCC(C)(C)C)c1CC2. The quantitative estimate of drug-likeness (QED) is 0.525. The topological polar surface area (TPSA) is 65.4 Å². The molecule has 6 heteroatoms. The Labute approximate surface area is 202 Å². The van der Waals surface area contributed by atoms with E-state index >= 15 is 0 Å². The van der Waals surface area contributed by atoms with Gasteiger partial charge in [0.15, 0.2) is 11.5 Å².